The van der Waals surface area contributed by atoms with Crippen molar-refractivity contribution in [3.8, 4) is 0 Å². The molecule has 1 N–H and O–H groups in total. The molecule has 0 fully saturated rings. The molecule has 0 aromatic rings. The second-order valence-electron chi connectivity index (χ2n) is 3.72. The number of nitrogens with zero attached hydrogens (tertiary/aromatic N) is 1. The van der Waals surface area contributed by atoms with E-state index < -0.39 is 0 Å². The third kappa shape index (κ3) is 4.08. The highest BCUT2D eigenvalue weighted by Crippen LogP contribution is 2.11. The first-order valence-corrected chi connectivity index (χ1v) is 4.80. The molecule has 3 nitrogen and oxygen atoms in total. The molecule has 74 valence electrons. The van der Waals surface area contributed by atoms with Gasteiger partial charge in [-0.3, -0.25) is 4.79 Å². The van der Waals surface area contributed by atoms with Gasteiger partial charge in [-0.15, -0.1) is 0 Å². The summed E-state index contributed by atoms with van der Waals surface area (Å²) in [7, 11) is 4.14. The van der Waals surface area contributed by atoms with Crippen LogP contribution in [-0.4, -0.2) is 37.9 Å². The normalized spacial score (nSPS) is 16.5. The van der Waals surface area contributed by atoms with Gasteiger partial charge in [-0.1, -0.05) is 0 Å². The summed E-state index contributed by atoms with van der Waals surface area (Å²) in [5.74, 6) is 0.259. The van der Waals surface area contributed by atoms with Crippen LogP contribution in [0.5, 0.6) is 0 Å². The Labute approximate surface area is 79.8 Å². The molecule has 1 rings (SSSR count). The van der Waals surface area contributed by atoms with Crippen LogP contribution in [0.25, 0.3) is 0 Å². The summed E-state index contributed by atoms with van der Waals surface area (Å²) in [6.45, 7) is 2.06. The number of carbonyl (C=O) groups excluding carboxylic acids is 1. The van der Waals surface area contributed by atoms with Gasteiger partial charge in [-0.25, -0.2) is 0 Å². The van der Waals surface area contributed by atoms with E-state index in [1.807, 2.05) is 0 Å². The van der Waals surface area contributed by atoms with Crippen LogP contribution in [0.1, 0.15) is 19.3 Å². The Morgan fingerprint density at radius 2 is 2.23 bits per heavy atom. The summed E-state index contributed by atoms with van der Waals surface area (Å²) in [5.41, 5.74) is 1.11. The summed E-state index contributed by atoms with van der Waals surface area (Å²) < 4.78 is 0. The molecule has 0 aromatic carbocycles. The van der Waals surface area contributed by atoms with Gasteiger partial charge in [-0.2, -0.15) is 0 Å². The van der Waals surface area contributed by atoms with E-state index in [4.69, 9.17) is 0 Å². The Kier molecular flexibility index (Phi) is 3.96. The maximum Gasteiger partial charge on any atom is 0.157 e. The van der Waals surface area contributed by atoms with E-state index in [9.17, 15) is 4.79 Å². The smallest absolute Gasteiger partial charge is 0.157 e. The van der Waals surface area contributed by atoms with E-state index in [2.05, 4.69) is 24.3 Å². The lowest BCUT2D eigenvalue weighted by Crippen LogP contribution is -2.20. The van der Waals surface area contributed by atoms with Gasteiger partial charge in [-0.05, 0) is 33.5 Å². The SMILES string of the molecule is CN(C)CCCNC1=CC(=O)CC1. The number of nitrogens with one attached hydrogen (secondary N) is 1. The van der Waals surface area contributed by atoms with Crippen LogP contribution in [0.15, 0.2) is 11.8 Å². The summed E-state index contributed by atoms with van der Waals surface area (Å²) in [4.78, 5) is 13.0. The molecule has 3 heteroatoms. The van der Waals surface area contributed by atoms with Crippen molar-refractivity contribution in [3.05, 3.63) is 11.8 Å². The summed E-state index contributed by atoms with van der Waals surface area (Å²) >= 11 is 0. The standard InChI is InChI=1S/C10H18N2O/c1-12(2)7-3-6-11-9-4-5-10(13)8-9/h8,11H,3-7H2,1-2H3. The van der Waals surface area contributed by atoms with Gasteiger partial charge in [0.15, 0.2) is 5.78 Å². The third-order valence-electron chi connectivity index (χ3n) is 2.11. The molecule has 0 radical (unpaired) electrons. The lowest BCUT2D eigenvalue weighted by molar-refractivity contribution is -0.114. The van der Waals surface area contributed by atoms with Gasteiger partial charge in [0, 0.05) is 24.7 Å². The Bertz CT molecular complexity index is 209. The van der Waals surface area contributed by atoms with Crippen molar-refractivity contribution in [2.45, 2.75) is 19.3 Å². The highest BCUT2D eigenvalue weighted by atomic mass is 16.1. The first-order chi connectivity index (χ1) is 6.18. The quantitative estimate of drug-likeness (QED) is 0.638. The second-order valence-corrected chi connectivity index (χ2v) is 3.72. The topological polar surface area (TPSA) is 32.3 Å². The lowest BCUT2D eigenvalue weighted by Gasteiger charge is -2.10. The molecular formula is C10H18N2O. The van der Waals surface area contributed by atoms with E-state index in [0.717, 1.165) is 31.6 Å². The second kappa shape index (κ2) is 5.02. The number of hydrogen-bond acceptors (Lipinski definition) is 3. The molecule has 0 aliphatic heterocycles. The highest BCUT2D eigenvalue weighted by Gasteiger charge is 2.10. The zero-order valence-corrected chi connectivity index (χ0v) is 8.47. The molecule has 0 unspecified atom stereocenters. The molecule has 1 aliphatic rings. The summed E-state index contributed by atoms with van der Waals surface area (Å²) in [5, 5.41) is 3.28. The fourth-order valence-corrected chi connectivity index (χ4v) is 1.38. The number of hydrogen-bond donors (Lipinski definition) is 1. The van der Waals surface area contributed by atoms with Gasteiger partial charge in [0.1, 0.15) is 0 Å². The molecule has 0 saturated heterocycles. The number of rotatable bonds is 5. The minimum Gasteiger partial charge on any atom is -0.388 e. The van der Waals surface area contributed by atoms with Crippen LogP contribution in [0, 0.1) is 0 Å². The first-order valence-electron chi connectivity index (χ1n) is 4.80. The lowest BCUT2D eigenvalue weighted by atomic mass is 10.3. The Hall–Kier alpha value is -0.830. The van der Waals surface area contributed by atoms with Gasteiger partial charge in [0.05, 0.1) is 0 Å². The third-order valence-corrected chi connectivity index (χ3v) is 2.11. The average molecular weight is 182 g/mol. The highest BCUT2D eigenvalue weighted by molar-refractivity contribution is 5.92. The molecule has 0 spiro atoms. The zero-order valence-electron chi connectivity index (χ0n) is 8.47. The van der Waals surface area contributed by atoms with E-state index >= 15 is 0 Å². The molecular weight excluding hydrogens is 164 g/mol. The van der Waals surface area contributed by atoms with Crippen LogP contribution in [0.4, 0.5) is 0 Å². The minimum atomic E-state index is 0.259. The predicted octanol–water partition coefficient (Wildman–Crippen LogP) is 0.774. The van der Waals surface area contributed by atoms with Crippen LogP contribution in [-0.2, 0) is 4.79 Å². The van der Waals surface area contributed by atoms with Crippen molar-refractivity contribution >= 4 is 5.78 Å². The van der Waals surface area contributed by atoms with Gasteiger partial charge < -0.3 is 10.2 Å². The molecule has 0 heterocycles. The monoisotopic (exact) mass is 182 g/mol. The van der Waals surface area contributed by atoms with E-state index in [-0.39, 0.29) is 5.78 Å². The maximum atomic E-state index is 10.9. The van der Waals surface area contributed by atoms with Crippen molar-refractivity contribution in [3.63, 3.8) is 0 Å². The fraction of sp³-hybridized carbons (Fsp3) is 0.700. The molecule has 0 saturated carbocycles. The largest absolute Gasteiger partial charge is 0.388 e. The molecule has 0 amide bonds. The zero-order chi connectivity index (χ0) is 9.68. The minimum absolute atomic E-state index is 0.259. The van der Waals surface area contributed by atoms with Crippen molar-refractivity contribution in [1.82, 2.24) is 10.2 Å². The molecule has 0 aromatic heterocycles. The first kappa shape index (κ1) is 10.3. The number of ketones is 1. The van der Waals surface area contributed by atoms with Gasteiger partial charge >= 0.3 is 0 Å². The van der Waals surface area contributed by atoms with Crippen molar-refractivity contribution in [2.75, 3.05) is 27.2 Å². The maximum absolute atomic E-state index is 10.9. The fourth-order valence-electron chi connectivity index (χ4n) is 1.38. The Balaban J connectivity index is 2.06. The summed E-state index contributed by atoms with van der Waals surface area (Å²) in [6.07, 6.45) is 4.45. The van der Waals surface area contributed by atoms with E-state index in [0.29, 0.717) is 6.42 Å². The predicted molar refractivity (Wildman–Crippen MR) is 53.5 cm³/mol. The summed E-state index contributed by atoms with van der Waals surface area (Å²) in [6, 6.07) is 0. The number of carbonyl (C=O) groups is 1. The van der Waals surface area contributed by atoms with Crippen molar-refractivity contribution in [2.24, 2.45) is 0 Å². The van der Waals surface area contributed by atoms with Gasteiger partial charge in [0.25, 0.3) is 0 Å². The molecule has 1 aliphatic carbocycles. The van der Waals surface area contributed by atoms with E-state index in [1.165, 1.54) is 0 Å². The van der Waals surface area contributed by atoms with Crippen LogP contribution < -0.4 is 5.32 Å². The Morgan fingerprint density at radius 1 is 1.46 bits per heavy atom. The average Bonchev–Trinajstić information content (AvgIpc) is 2.45. The van der Waals surface area contributed by atoms with E-state index in [1.54, 1.807) is 6.08 Å². The van der Waals surface area contributed by atoms with Crippen LogP contribution >= 0.6 is 0 Å². The molecule has 13 heavy (non-hydrogen) atoms. The van der Waals surface area contributed by atoms with Crippen LogP contribution in [0.2, 0.25) is 0 Å². The Morgan fingerprint density at radius 3 is 2.77 bits per heavy atom. The van der Waals surface area contributed by atoms with Gasteiger partial charge in [0.2, 0.25) is 0 Å². The van der Waals surface area contributed by atoms with Crippen molar-refractivity contribution in [1.29, 1.82) is 0 Å². The molecule has 0 bridgehead atoms. The van der Waals surface area contributed by atoms with Crippen LogP contribution in [0.3, 0.4) is 0 Å². The number of allylic oxidation sites excluding steroid dienone is 2. The van der Waals surface area contributed by atoms with Crippen molar-refractivity contribution < 1.29 is 4.79 Å². The molecule has 0 atom stereocenters.